The molecule has 0 aliphatic rings. The average Bonchev–Trinajstić information content (AvgIpc) is 3.92. The zero-order chi connectivity index (χ0) is 36.0. The second-order valence-electron chi connectivity index (χ2n) is 14.4. The summed E-state index contributed by atoms with van der Waals surface area (Å²) < 4.78 is 7.22. The Labute approximate surface area is 316 Å². The van der Waals surface area contributed by atoms with Crippen molar-refractivity contribution in [2.24, 2.45) is 0 Å². The molecule has 0 amide bonds. The second kappa shape index (κ2) is 11.5. The third kappa shape index (κ3) is 4.31. The SMILES string of the molecule is c1ccc(-c2nc3c4ccccc4c4ccccc4c3n2-c2cccc(-n3c4ccccc4c4cc5c(cc43)c3ccccc3n5-c3ccccc3)c2)cc1. The first kappa shape index (κ1) is 30.1. The average molecular weight is 701 g/mol. The molecule has 4 nitrogen and oxygen atoms in total. The molecule has 0 N–H and O–H groups in total. The van der Waals surface area contributed by atoms with Gasteiger partial charge in [-0.3, -0.25) is 4.57 Å². The fraction of sp³-hybridized carbons (Fsp3) is 0. The van der Waals surface area contributed by atoms with Gasteiger partial charge in [0, 0.05) is 54.9 Å². The van der Waals surface area contributed by atoms with Crippen molar-refractivity contribution in [3.05, 3.63) is 194 Å². The molecule has 0 radical (unpaired) electrons. The van der Waals surface area contributed by atoms with Crippen LogP contribution in [-0.2, 0) is 0 Å². The van der Waals surface area contributed by atoms with Gasteiger partial charge in [-0.15, -0.1) is 0 Å². The topological polar surface area (TPSA) is 27.7 Å². The number of para-hydroxylation sites is 3. The quantitative estimate of drug-likeness (QED) is 0.168. The third-order valence-corrected chi connectivity index (χ3v) is 11.4. The van der Waals surface area contributed by atoms with E-state index < -0.39 is 0 Å². The molecule has 0 bridgehead atoms. The van der Waals surface area contributed by atoms with Crippen LogP contribution in [-0.4, -0.2) is 18.7 Å². The first-order valence-corrected chi connectivity index (χ1v) is 18.8. The minimum Gasteiger partial charge on any atom is -0.309 e. The lowest BCUT2D eigenvalue weighted by atomic mass is 10.00. The molecule has 0 saturated heterocycles. The molecule has 4 heteroatoms. The Kier molecular flexibility index (Phi) is 6.31. The number of rotatable bonds is 4. The Morgan fingerprint density at radius 2 is 0.745 bits per heavy atom. The highest BCUT2D eigenvalue weighted by atomic mass is 15.1. The molecule has 0 unspecified atom stereocenters. The maximum absolute atomic E-state index is 5.47. The first-order valence-electron chi connectivity index (χ1n) is 18.8. The van der Waals surface area contributed by atoms with Crippen LogP contribution < -0.4 is 0 Å². The van der Waals surface area contributed by atoms with Gasteiger partial charge >= 0.3 is 0 Å². The molecular formula is C51H32N4. The molecule has 3 heterocycles. The maximum Gasteiger partial charge on any atom is 0.145 e. The Bertz CT molecular complexity index is 3480. The summed E-state index contributed by atoms with van der Waals surface area (Å²) in [5.41, 5.74) is 11.3. The summed E-state index contributed by atoms with van der Waals surface area (Å²) in [7, 11) is 0. The highest BCUT2D eigenvalue weighted by molar-refractivity contribution is 6.24. The van der Waals surface area contributed by atoms with E-state index in [1.807, 2.05) is 0 Å². The van der Waals surface area contributed by atoms with Gasteiger partial charge < -0.3 is 9.13 Å². The maximum atomic E-state index is 5.47. The van der Waals surface area contributed by atoms with Crippen LogP contribution in [0, 0.1) is 0 Å². The summed E-state index contributed by atoms with van der Waals surface area (Å²) in [5.74, 6) is 0.923. The van der Waals surface area contributed by atoms with Crippen LogP contribution in [0.1, 0.15) is 0 Å². The normalized spacial score (nSPS) is 12.0. The first-order chi connectivity index (χ1) is 27.3. The standard InChI is InChI=1S/C51H32N4/c1-3-16-33(17-4-1)51-52-49-41-26-9-7-22-37(41)38-23-8-10-27-42(38)50(49)55(51)36-21-15-20-35(30-36)54-46-29-14-12-25-40(46)44-31-47-43(32-48(44)54)39-24-11-13-28-45(39)53(47)34-18-5-2-6-19-34/h1-32H. The van der Waals surface area contributed by atoms with Gasteiger partial charge in [-0.05, 0) is 65.4 Å². The van der Waals surface area contributed by atoms with Gasteiger partial charge in [0.15, 0.2) is 0 Å². The third-order valence-electron chi connectivity index (χ3n) is 11.4. The fourth-order valence-corrected chi connectivity index (χ4v) is 9.07. The van der Waals surface area contributed by atoms with E-state index in [4.69, 9.17) is 4.98 Å². The van der Waals surface area contributed by atoms with Crippen molar-refractivity contribution in [3.8, 4) is 28.5 Å². The van der Waals surface area contributed by atoms with Crippen molar-refractivity contribution in [3.63, 3.8) is 0 Å². The lowest BCUT2D eigenvalue weighted by Crippen LogP contribution is -2.01. The highest BCUT2D eigenvalue weighted by Crippen LogP contribution is 2.42. The number of fused-ring (bicyclic) bond motifs is 12. The molecule has 55 heavy (non-hydrogen) atoms. The molecule has 0 atom stereocenters. The van der Waals surface area contributed by atoms with E-state index in [0.29, 0.717) is 0 Å². The molecule has 9 aromatic carbocycles. The van der Waals surface area contributed by atoms with Crippen molar-refractivity contribution in [1.82, 2.24) is 18.7 Å². The van der Waals surface area contributed by atoms with Gasteiger partial charge in [0.05, 0.1) is 33.1 Å². The zero-order valence-corrected chi connectivity index (χ0v) is 29.8. The molecule has 256 valence electrons. The van der Waals surface area contributed by atoms with Crippen molar-refractivity contribution in [2.45, 2.75) is 0 Å². The number of benzene rings is 9. The van der Waals surface area contributed by atoms with Gasteiger partial charge in [-0.1, -0.05) is 140 Å². The summed E-state index contributed by atoms with van der Waals surface area (Å²) in [6, 6.07) is 70.1. The molecule has 0 saturated carbocycles. The number of hydrogen-bond acceptors (Lipinski definition) is 1. The number of nitrogens with zero attached hydrogens (tertiary/aromatic N) is 4. The highest BCUT2D eigenvalue weighted by Gasteiger charge is 2.22. The van der Waals surface area contributed by atoms with E-state index in [1.54, 1.807) is 0 Å². The van der Waals surface area contributed by atoms with E-state index in [1.165, 1.54) is 59.8 Å². The lowest BCUT2D eigenvalue weighted by molar-refractivity contribution is 1.09. The predicted octanol–water partition coefficient (Wildman–Crippen LogP) is 13.2. The second-order valence-corrected chi connectivity index (χ2v) is 14.4. The molecule has 0 spiro atoms. The van der Waals surface area contributed by atoms with Crippen LogP contribution in [0.15, 0.2) is 194 Å². The Balaban J connectivity index is 1.17. The summed E-state index contributed by atoms with van der Waals surface area (Å²) in [4.78, 5) is 5.47. The van der Waals surface area contributed by atoms with Crippen molar-refractivity contribution in [1.29, 1.82) is 0 Å². The van der Waals surface area contributed by atoms with E-state index in [2.05, 4.69) is 208 Å². The van der Waals surface area contributed by atoms with Crippen molar-refractivity contribution >= 4 is 76.2 Å². The van der Waals surface area contributed by atoms with E-state index in [-0.39, 0.29) is 0 Å². The molecule has 0 fully saturated rings. The molecule has 3 aromatic heterocycles. The van der Waals surface area contributed by atoms with Gasteiger partial charge in [0.2, 0.25) is 0 Å². The Morgan fingerprint density at radius 3 is 1.38 bits per heavy atom. The minimum absolute atomic E-state index is 0.923. The molecule has 12 rings (SSSR count). The smallest absolute Gasteiger partial charge is 0.145 e. The van der Waals surface area contributed by atoms with E-state index >= 15 is 0 Å². The largest absolute Gasteiger partial charge is 0.309 e. The monoisotopic (exact) mass is 700 g/mol. The predicted molar refractivity (Wildman–Crippen MR) is 230 cm³/mol. The van der Waals surface area contributed by atoms with Crippen LogP contribution in [0.25, 0.3) is 105 Å². The summed E-state index contributed by atoms with van der Waals surface area (Å²) in [6.07, 6.45) is 0. The number of aromatic nitrogens is 4. The number of hydrogen-bond donors (Lipinski definition) is 0. The number of imidazole rings is 1. The fourth-order valence-electron chi connectivity index (χ4n) is 9.07. The summed E-state index contributed by atoms with van der Waals surface area (Å²) in [5, 5.41) is 9.71. The Morgan fingerprint density at radius 1 is 0.291 bits per heavy atom. The Hall–Kier alpha value is -7.43. The van der Waals surface area contributed by atoms with Gasteiger partial charge in [0.25, 0.3) is 0 Å². The van der Waals surface area contributed by atoms with Crippen molar-refractivity contribution < 1.29 is 0 Å². The van der Waals surface area contributed by atoms with Gasteiger partial charge in [-0.25, -0.2) is 4.98 Å². The van der Waals surface area contributed by atoms with Crippen LogP contribution in [0.2, 0.25) is 0 Å². The molecular weight excluding hydrogens is 669 g/mol. The minimum atomic E-state index is 0.923. The molecule has 12 aromatic rings. The molecule has 0 aliphatic heterocycles. The summed E-state index contributed by atoms with van der Waals surface area (Å²) in [6.45, 7) is 0. The van der Waals surface area contributed by atoms with Crippen LogP contribution >= 0.6 is 0 Å². The molecule has 0 aliphatic carbocycles. The lowest BCUT2D eigenvalue weighted by Gasteiger charge is -2.15. The zero-order valence-electron chi connectivity index (χ0n) is 29.8. The summed E-state index contributed by atoms with van der Waals surface area (Å²) >= 11 is 0. The van der Waals surface area contributed by atoms with Crippen LogP contribution in [0.3, 0.4) is 0 Å². The van der Waals surface area contributed by atoms with E-state index in [9.17, 15) is 0 Å². The van der Waals surface area contributed by atoms with Crippen LogP contribution in [0.4, 0.5) is 0 Å². The van der Waals surface area contributed by atoms with Crippen LogP contribution in [0.5, 0.6) is 0 Å². The van der Waals surface area contributed by atoms with Gasteiger partial charge in [-0.2, -0.15) is 0 Å². The van der Waals surface area contributed by atoms with Crippen molar-refractivity contribution in [2.75, 3.05) is 0 Å². The van der Waals surface area contributed by atoms with E-state index in [0.717, 1.165) is 44.9 Å². The van der Waals surface area contributed by atoms with Gasteiger partial charge in [0.1, 0.15) is 5.82 Å².